The van der Waals surface area contributed by atoms with Gasteiger partial charge in [0.1, 0.15) is 0 Å². The van der Waals surface area contributed by atoms with Gasteiger partial charge in [-0.05, 0) is 0 Å². The van der Waals surface area contributed by atoms with Gasteiger partial charge in [-0.1, -0.05) is 0 Å². The van der Waals surface area contributed by atoms with Crippen molar-refractivity contribution >= 4 is 35.5 Å². The van der Waals surface area contributed by atoms with Crippen LogP contribution in [0.3, 0.4) is 0 Å². The first-order chi connectivity index (χ1) is 8.40. The molecule has 0 aliphatic rings. The Hall–Kier alpha value is -0.0755. The van der Waals surface area contributed by atoms with E-state index in [-0.39, 0.29) is 0 Å². The van der Waals surface area contributed by atoms with Gasteiger partial charge in [0, 0.05) is 0 Å². The van der Waals surface area contributed by atoms with Crippen molar-refractivity contribution in [2.45, 2.75) is 0 Å². The monoisotopic (exact) mass is 494 g/mol. The molecule has 0 N–H and O–H groups in total. The summed E-state index contributed by atoms with van der Waals surface area (Å²) in [4.78, 5) is 0. The standard InChI is InChI=1S/C14H9Se.ClH.Hg/c1-2-6-11(7-3-1)14-10-12-8-4-5-9-13(12)15-14;;/h1-9H;1H;/q;;+1/p-1. The summed E-state index contributed by atoms with van der Waals surface area (Å²) >= 11 is -0.941. The Balaban J connectivity index is 2.30. The summed E-state index contributed by atoms with van der Waals surface area (Å²) in [7, 11) is 6.35. The molecule has 3 heteroatoms. The Morgan fingerprint density at radius 2 is 1.59 bits per heavy atom. The molecular formula is C14H9ClHgSe. The van der Waals surface area contributed by atoms with Gasteiger partial charge in [0.05, 0.1) is 0 Å². The van der Waals surface area contributed by atoms with E-state index in [0.29, 0.717) is 14.5 Å². The number of benzene rings is 2. The predicted molar refractivity (Wildman–Crippen MR) is 71.8 cm³/mol. The molecule has 3 rings (SSSR count). The maximum atomic E-state index is 6.35. The second kappa shape index (κ2) is 5.28. The van der Waals surface area contributed by atoms with Crippen LogP contribution in [0.4, 0.5) is 0 Å². The summed E-state index contributed by atoms with van der Waals surface area (Å²) in [5.41, 5.74) is 1.37. The third-order valence-corrected chi connectivity index (χ3v) is 14.0. The Bertz CT molecular complexity index is 646. The van der Waals surface area contributed by atoms with Crippen LogP contribution >= 0.6 is 8.25 Å². The summed E-state index contributed by atoms with van der Waals surface area (Å²) < 4.78 is 4.58. The van der Waals surface area contributed by atoms with Crippen molar-refractivity contribution < 1.29 is 23.3 Å². The van der Waals surface area contributed by atoms with Crippen LogP contribution in [0.5, 0.6) is 0 Å². The van der Waals surface area contributed by atoms with Gasteiger partial charge in [0.2, 0.25) is 0 Å². The van der Waals surface area contributed by atoms with Crippen LogP contribution < -0.4 is 3.07 Å². The van der Waals surface area contributed by atoms with E-state index in [1.54, 1.807) is 0 Å². The quantitative estimate of drug-likeness (QED) is 0.482. The van der Waals surface area contributed by atoms with Crippen molar-refractivity contribution in [3.63, 3.8) is 0 Å². The second-order valence-corrected chi connectivity index (χ2v) is 12.2. The Kier molecular flexibility index (Phi) is 3.72. The molecule has 0 aliphatic carbocycles. The van der Waals surface area contributed by atoms with E-state index in [4.69, 9.17) is 8.25 Å². The van der Waals surface area contributed by atoms with Crippen LogP contribution in [0, 0.1) is 0 Å². The van der Waals surface area contributed by atoms with Gasteiger partial charge in [-0.15, -0.1) is 0 Å². The zero-order valence-electron chi connectivity index (χ0n) is 9.19. The molecule has 80 valence electrons. The molecule has 3 aromatic rings. The molecule has 0 saturated heterocycles. The van der Waals surface area contributed by atoms with Crippen LogP contribution in [0.1, 0.15) is 0 Å². The number of fused-ring (bicyclic) bond motifs is 1. The Morgan fingerprint density at radius 3 is 2.35 bits per heavy atom. The molecule has 2 aromatic carbocycles. The van der Waals surface area contributed by atoms with Crippen LogP contribution in [0.25, 0.3) is 19.6 Å². The molecule has 17 heavy (non-hydrogen) atoms. The van der Waals surface area contributed by atoms with E-state index >= 15 is 0 Å². The maximum absolute atomic E-state index is 6.35. The van der Waals surface area contributed by atoms with Gasteiger partial charge in [0.25, 0.3) is 0 Å². The molecule has 0 amide bonds. The normalized spacial score (nSPS) is 10.4. The van der Waals surface area contributed by atoms with E-state index in [2.05, 4.69) is 54.6 Å². The van der Waals surface area contributed by atoms with E-state index in [9.17, 15) is 0 Å². The molecule has 0 fully saturated rings. The molecule has 0 radical (unpaired) electrons. The van der Waals surface area contributed by atoms with Gasteiger partial charge in [0.15, 0.2) is 0 Å². The van der Waals surface area contributed by atoms with Gasteiger partial charge >= 0.3 is 123 Å². The summed E-state index contributed by atoms with van der Waals surface area (Å²) in [6, 6.07) is 19.5. The third-order valence-electron chi connectivity index (χ3n) is 2.87. The molecule has 0 atom stereocenters. The van der Waals surface area contributed by atoms with Crippen LogP contribution in [0.2, 0.25) is 0 Å². The summed E-state index contributed by atoms with van der Waals surface area (Å²) in [6.07, 6.45) is 0. The van der Waals surface area contributed by atoms with Gasteiger partial charge in [-0.2, -0.15) is 0 Å². The average Bonchev–Trinajstić information content (AvgIpc) is 2.78. The molecule has 1 aromatic heterocycles. The molecule has 0 saturated carbocycles. The fraction of sp³-hybridized carbons (Fsp3) is 0. The molecular weight excluding hydrogens is 483 g/mol. The van der Waals surface area contributed by atoms with E-state index in [1.807, 2.05) is 0 Å². The average molecular weight is 492 g/mol. The van der Waals surface area contributed by atoms with Gasteiger partial charge in [-0.3, -0.25) is 0 Å². The van der Waals surface area contributed by atoms with Gasteiger partial charge in [-0.25, -0.2) is 0 Å². The van der Waals surface area contributed by atoms with Crippen molar-refractivity contribution in [1.29, 1.82) is 0 Å². The number of hydrogen-bond donors (Lipinski definition) is 0. The van der Waals surface area contributed by atoms with Crippen LogP contribution in [-0.4, -0.2) is 14.5 Å². The Morgan fingerprint density at radius 1 is 0.882 bits per heavy atom. The van der Waals surface area contributed by atoms with Gasteiger partial charge < -0.3 is 0 Å². The van der Waals surface area contributed by atoms with Crippen molar-refractivity contribution in [2.24, 2.45) is 0 Å². The molecule has 0 spiro atoms. The summed E-state index contributed by atoms with van der Waals surface area (Å²) in [5.74, 6) is 0. The number of hydrogen-bond acceptors (Lipinski definition) is 0. The van der Waals surface area contributed by atoms with E-state index in [0.717, 1.165) is 0 Å². The minimum atomic E-state index is -1.39. The molecule has 1 heterocycles. The molecule has 0 bridgehead atoms. The SMILES string of the molecule is [Cl][Hg][c]1c(-c2ccccc2)[se]c2ccccc12. The third kappa shape index (κ3) is 2.26. The van der Waals surface area contributed by atoms with E-state index in [1.165, 1.54) is 22.7 Å². The second-order valence-electron chi connectivity index (χ2n) is 3.91. The van der Waals surface area contributed by atoms with Crippen LogP contribution in [0.15, 0.2) is 54.6 Å². The Labute approximate surface area is 122 Å². The first-order valence-corrected chi connectivity index (χ1v) is 16.7. The molecule has 0 nitrogen and oxygen atoms in total. The first-order valence-electron chi connectivity index (χ1n) is 5.52. The fourth-order valence-corrected chi connectivity index (χ4v) is 15.4. The first kappa shape index (κ1) is 12.0. The van der Waals surface area contributed by atoms with Crippen LogP contribution in [-0.2, 0) is 23.3 Å². The minimum absolute atomic E-state index is 0.447. The molecule has 0 aliphatic heterocycles. The van der Waals surface area contributed by atoms with Crippen molar-refractivity contribution in [3.05, 3.63) is 54.6 Å². The number of halogens is 1. The zero-order chi connectivity index (χ0) is 11.7. The number of rotatable bonds is 2. The topological polar surface area (TPSA) is 0 Å². The zero-order valence-corrected chi connectivity index (χ0v) is 17.2. The van der Waals surface area contributed by atoms with Crippen molar-refractivity contribution in [3.8, 4) is 10.0 Å². The summed E-state index contributed by atoms with van der Waals surface area (Å²) in [5, 5.41) is 1.45. The van der Waals surface area contributed by atoms with E-state index < -0.39 is 23.3 Å². The summed E-state index contributed by atoms with van der Waals surface area (Å²) in [6.45, 7) is 0. The van der Waals surface area contributed by atoms with Crippen molar-refractivity contribution in [2.75, 3.05) is 0 Å². The predicted octanol–water partition coefficient (Wildman–Crippen LogP) is 3.43. The molecule has 0 unspecified atom stereocenters. The van der Waals surface area contributed by atoms with Crippen molar-refractivity contribution in [1.82, 2.24) is 0 Å². The fourth-order valence-electron chi connectivity index (χ4n) is 2.05.